The van der Waals surface area contributed by atoms with E-state index in [1.165, 1.54) is 30.9 Å². The van der Waals surface area contributed by atoms with Crippen molar-refractivity contribution >= 4 is 23.7 Å². The van der Waals surface area contributed by atoms with Gasteiger partial charge in [-0.15, -0.1) is 23.7 Å². The van der Waals surface area contributed by atoms with Crippen molar-refractivity contribution in [2.24, 2.45) is 0 Å². The van der Waals surface area contributed by atoms with Crippen molar-refractivity contribution in [2.45, 2.75) is 32.4 Å². The summed E-state index contributed by atoms with van der Waals surface area (Å²) in [6.07, 6.45) is 2.53. The zero-order valence-corrected chi connectivity index (χ0v) is 11.5. The van der Waals surface area contributed by atoms with Crippen LogP contribution in [0.15, 0.2) is 5.38 Å². The summed E-state index contributed by atoms with van der Waals surface area (Å²) in [7, 11) is 2.06. The van der Waals surface area contributed by atoms with E-state index in [0.29, 0.717) is 0 Å². The van der Waals surface area contributed by atoms with Gasteiger partial charge in [-0.2, -0.15) is 0 Å². The fourth-order valence-corrected chi connectivity index (χ4v) is 2.86. The van der Waals surface area contributed by atoms with E-state index in [1.54, 1.807) is 11.3 Å². The molecule has 0 spiro atoms. The van der Waals surface area contributed by atoms with Crippen LogP contribution in [-0.2, 0) is 6.54 Å². The summed E-state index contributed by atoms with van der Waals surface area (Å²) in [4.78, 5) is 7.01. The lowest BCUT2D eigenvalue weighted by Crippen LogP contribution is -2.40. The molecule has 0 unspecified atom stereocenters. The highest BCUT2D eigenvalue weighted by Gasteiger charge is 2.18. The molecular weight excluding hydrogens is 242 g/mol. The van der Waals surface area contributed by atoms with E-state index in [-0.39, 0.29) is 12.4 Å². The van der Waals surface area contributed by atoms with E-state index in [9.17, 15) is 0 Å². The molecule has 0 atom stereocenters. The molecule has 92 valence electrons. The van der Waals surface area contributed by atoms with Crippen LogP contribution in [0, 0.1) is 6.92 Å². The normalized spacial score (nSPS) is 18.4. The summed E-state index contributed by atoms with van der Waals surface area (Å²) >= 11 is 1.78. The second-order valence-corrected chi connectivity index (χ2v) is 5.16. The van der Waals surface area contributed by atoms with Crippen molar-refractivity contribution < 1.29 is 0 Å². The van der Waals surface area contributed by atoms with Crippen LogP contribution in [0.2, 0.25) is 0 Å². The molecule has 1 aliphatic heterocycles. The van der Waals surface area contributed by atoms with Gasteiger partial charge in [0.25, 0.3) is 0 Å². The number of halogens is 1. The molecule has 1 fully saturated rings. The first-order chi connectivity index (χ1) is 7.28. The van der Waals surface area contributed by atoms with Crippen molar-refractivity contribution in [1.82, 2.24) is 15.2 Å². The standard InChI is InChI=1S/C11H19N3S.ClH/c1-9-8-15-11(13-9)7-14-5-3-10(12-2)4-6-14;/h8,10,12H,3-7H2,1-2H3;1H. The Morgan fingerprint density at radius 1 is 1.50 bits per heavy atom. The van der Waals surface area contributed by atoms with Gasteiger partial charge in [0.05, 0.1) is 6.54 Å². The van der Waals surface area contributed by atoms with Gasteiger partial charge in [-0.1, -0.05) is 0 Å². The predicted octanol–water partition coefficient (Wildman–Crippen LogP) is 2.06. The lowest BCUT2D eigenvalue weighted by Gasteiger charge is -2.31. The van der Waals surface area contributed by atoms with Crippen LogP contribution in [0.1, 0.15) is 23.5 Å². The molecule has 1 aromatic heterocycles. The van der Waals surface area contributed by atoms with E-state index in [2.05, 4.69) is 34.6 Å². The summed E-state index contributed by atoms with van der Waals surface area (Å²) in [5, 5.41) is 6.75. The second kappa shape index (κ2) is 6.55. The van der Waals surface area contributed by atoms with Crippen LogP contribution in [0.25, 0.3) is 0 Å². The Kier molecular flexibility index (Phi) is 5.69. The Labute approximate surface area is 108 Å². The third kappa shape index (κ3) is 3.70. The first-order valence-corrected chi connectivity index (χ1v) is 6.46. The molecule has 0 bridgehead atoms. The van der Waals surface area contributed by atoms with Gasteiger partial charge in [-0.25, -0.2) is 4.98 Å². The smallest absolute Gasteiger partial charge is 0.107 e. The van der Waals surface area contributed by atoms with E-state index < -0.39 is 0 Å². The molecule has 1 saturated heterocycles. The number of hydrogen-bond acceptors (Lipinski definition) is 4. The van der Waals surface area contributed by atoms with Crippen molar-refractivity contribution in [3.05, 3.63) is 16.1 Å². The van der Waals surface area contributed by atoms with Gasteiger partial charge in [-0.3, -0.25) is 4.90 Å². The molecule has 1 N–H and O–H groups in total. The van der Waals surface area contributed by atoms with Crippen LogP contribution in [0.4, 0.5) is 0 Å². The largest absolute Gasteiger partial charge is 0.317 e. The molecule has 5 heteroatoms. The van der Waals surface area contributed by atoms with E-state index in [4.69, 9.17) is 0 Å². The molecule has 0 aliphatic carbocycles. The zero-order valence-electron chi connectivity index (χ0n) is 9.90. The number of rotatable bonds is 3. The molecule has 3 nitrogen and oxygen atoms in total. The number of thiazole rings is 1. The fraction of sp³-hybridized carbons (Fsp3) is 0.727. The third-order valence-corrected chi connectivity index (χ3v) is 3.97. The number of aryl methyl sites for hydroxylation is 1. The summed E-state index contributed by atoms with van der Waals surface area (Å²) in [6.45, 7) is 5.50. The molecule has 0 amide bonds. The van der Waals surface area contributed by atoms with E-state index in [1.807, 2.05) is 0 Å². The van der Waals surface area contributed by atoms with Gasteiger partial charge in [0.1, 0.15) is 5.01 Å². The number of piperidine rings is 1. The predicted molar refractivity (Wildman–Crippen MR) is 71.5 cm³/mol. The minimum absolute atomic E-state index is 0. The van der Waals surface area contributed by atoms with Gasteiger partial charge in [0.15, 0.2) is 0 Å². The maximum absolute atomic E-state index is 4.51. The first-order valence-electron chi connectivity index (χ1n) is 5.58. The molecule has 0 radical (unpaired) electrons. The molecule has 1 aliphatic rings. The van der Waals surface area contributed by atoms with Crippen LogP contribution in [0.3, 0.4) is 0 Å². The maximum atomic E-state index is 4.51. The molecule has 2 heterocycles. The lowest BCUT2D eigenvalue weighted by atomic mass is 10.1. The highest BCUT2D eigenvalue weighted by atomic mass is 35.5. The topological polar surface area (TPSA) is 28.2 Å². The average Bonchev–Trinajstić information content (AvgIpc) is 2.65. The highest BCUT2D eigenvalue weighted by Crippen LogP contribution is 2.16. The minimum Gasteiger partial charge on any atom is -0.317 e. The van der Waals surface area contributed by atoms with Crippen molar-refractivity contribution in [1.29, 1.82) is 0 Å². The van der Waals surface area contributed by atoms with Gasteiger partial charge in [0, 0.05) is 30.2 Å². The molecule has 2 rings (SSSR count). The highest BCUT2D eigenvalue weighted by molar-refractivity contribution is 7.09. The number of likely N-dealkylation sites (tertiary alicyclic amines) is 1. The second-order valence-electron chi connectivity index (χ2n) is 4.22. The molecule has 16 heavy (non-hydrogen) atoms. The SMILES string of the molecule is CNC1CCN(Cc2nc(C)cs2)CC1.Cl. The van der Waals surface area contributed by atoms with Crippen molar-refractivity contribution in [3.63, 3.8) is 0 Å². The molecule has 0 aromatic carbocycles. The number of nitrogens with one attached hydrogen (secondary N) is 1. The summed E-state index contributed by atoms with van der Waals surface area (Å²) in [5.74, 6) is 0. The molecule has 0 saturated carbocycles. The first kappa shape index (κ1) is 13.9. The van der Waals surface area contributed by atoms with E-state index in [0.717, 1.165) is 18.3 Å². The summed E-state index contributed by atoms with van der Waals surface area (Å²) in [5.41, 5.74) is 1.15. The van der Waals surface area contributed by atoms with Gasteiger partial charge in [-0.05, 0) is 26.8 Å². The van der Waals surface area contributed by atoms with Crippen LogP contribution in [0.5, 0.6) is 0 Å². The molecule has 1 aromatic rings. The monoisotopic (exact) mass is 261 g/mol. The third-order valence-electron chi connectivity index (χ3n) is 3.02. The van der Waals surface area contributed by atoms with Gasteiger partial charge < -0.3 is 5.32 Å². The van der Waals surface area contributed by atoms with E-state index >= 15 is 0 Å². The van der Waals surface area contributed by atoms with Crippen LogP contribution in [-0.4, -0.2) is 36.1 Å². The molecular formula is C11H20ClN3S. The Balaban J connectivity index is 0.00000128. The number of hydrogen-bond donors (Lipinski definition) is 1. The Bertz CT molecular complexity index is 308. The van der Waals surface area contributed by atoms with Gasteiger partial charge in [0.2, 0.25) is 0 Å². The average molecular weight is 262 g/mol. The van der Waals surface area contributed by atoms with Crippen molar-refractivity contribution in [2.75, 3.05) is 20.1 Å². The van der Waals surface area contributed by atoms with Crippen molar-refractivity contribution in [3.8, 4) is 0 Å². The number of nitrogens with zero attached hydrogens (tertiary/aromatic N) is 2. The quantitative estimate of drug-likeness (QED) is 0.903. The Morgan fingerprint density at radius 3 is 2.69 bits per heavy atom. The summed E-state index contributed by atoms with van der Waals surface area (Å²) in [6, 6.07) is 0.722. The lowest BCUT2D eigenvalue weighted by molar-refractivity contribution is 0.194. The van der Waals surface area contributed by atoms with Gasteiger partial charge >= 0.3 is 0 Å². The summed E-state index contributed by atoms with van der Waals surface area (Å²) < 4.78 is 0. The van der Waals surface area contributed by atoms with Crippen LogP contribution >= 0.6 is 23.7 Å². The fourth-order valence-electron chi connectivity index (χ4n) is 2.05. The minimum atomic E-state index is 0. The van der Waals surface area contributed by atoms with Crippen LogP contribution < -0.4 is 5.32 Å². The zero-order chi connectivity index (χ0) is 10.7. The Morgan fingerprint density at radius 2 is 2.19 bits per heavy atom. The Hall–Kier alpha value is -0.160. The maximum Gasteiger partial charge on any atom is 0.107 e. The number of aromatic nitrogens is 1.